The summed E-state index contributed by atoms with van der Waals surface area (Å²) in [5.74, 6) is 0. The molecule has 0 aliphatic heterocycles. The fraction of sp³-hybridized carbons (Fsp3) is 0.920. The molecule has 0 aromatic heterocycles. The highest BCUT2D eigenvalue weighted by Gasteiger charge is 2.34. The third-order valence-electron chi connectivity index (χ3n) is 5.19. The van der Waals surface area contributed by atoms with Crippen LogP contribution in [0.3, 0.4) is 0 Å². The van der Waals surface area contributed by atoms with Crippen LogP contribution in [0.4, 0.5) is 0 Å². The highest BCUT2D eigenvalue weighted by Crippen LogP contribution is 2.21. The lowest BCUT2D eigenvalue weighted by Crippen LogP contribution is -2.44. The van der Waals surface area contributed by atoms with E-state index in [4.69, 9.17) is 38.5 Å². The fourth-order valence-electron chi connectivity index (χ4n) is 2.65. The molecule has 0 rings (SSSR count). The molecule has 0 unspecified atom stereocenters. The highest BCUT2D eigenvalue weighted by molar-refractivity contribution is 4.79. The van der Waals surface area contributed by atoms with Gasteiger partial charge in [0.25, 0.3) is 0 Å². The van der Waals surface area contributed by atoms with Crippen molar-refractivity contribution >= 4 is 0 Å². The predicted molar refractivity (Wildman–Crippen MR) is 298 cm³/mol. The van der Waals surface area contributed by atoms with Crippen LogP contribution < -0.4 is 21.3 Å². The number of hydrogen-bond donors (Lipinski definition) is 4. The molecule has 12 heteroatoms. The summed E-state index contributed by atoms with van der Waals surface area (Å²) in [5, 5.41) is 13.0. The molecule has 408 valence electrons. The van der Waals surface area contributed by atoms with E-state index >= 15 is 0 Å². The average molecular weight is 926 g/mol. The second kappa shape index (κ2) is 74.4. The minimum atomic E-state index is -0.712. The quantitative estimate of drug-likeness (QED) is 0.0242. The van der Waals surface area contributed by atoms with E-state index in [9.17, 15) is 0 Å². The van der Waals surface area contributed by atoms with Gasteiger partial charge in [-0.2, -0.15) is 0 Å². The second-order valence-electron chi connectivity index (χ2n) is 14.5. The molecule has 0 amide bonds. The van der Waals surface area contributed by atoms with Crippen LogP contribution in [0.25, 0.3) is 0 Å². The Labute approximate surface area is 401 Å². The van der Waals surface area contributed by atoms with Gasteiger partial charge in [-0.15, -0.1) is 26.3 Å². The van der Waals surface area contributed by atoms with Crippen LogP contribution in [0.1, 0.15) is 209 Å². The molecule has 0 heterocycles. The van der Waals surface area contributed by atoms with Crippen molar-refractivity contribution < 1.29 is 38.5 Å². The van der Waals surface area contributed by atoms with Gasteiger partial charge < -0.3 is 18.9 Å². The summed E-state index contributed by atoms with van der Waals surface area (Å²) >= 11 is 0. The van der Waals surface area contributed by atoms with E-state index in [2.05, 4.69) is 131 Å². The lowest BCUT2D eigenvalue weighted by Gasteiger charge is -2.32. The van der Waals surface area contributed by atoms with Gasteiger partial charge in [0.1, 0.15) is 13.5 Å². The van der Waals surface area contributed by atoms with Gasteiger partial charge in [0, 0.05) is 22.2 Å². The molecule has 0 aromatic carbocycles. The Morgan fingerprint density at radius 2 is 0.468 bits per heavy atom. The van der Waals surface area contributed by atoms with Crippen LogP contribution in [0, 0.1) is 5.41 Å². The smallest absolute Gasteiger partial charge is 0.133 e. The monoisotopic (exact) mass is 925 g/mol. The SMILES string of the molecule is C.C.C.C.C.C.C.C.C.C.C.C.C.C.C.C.C.C=C.C=C.CC(C)(C)NCOCCOCC(COCCOCNC(C)(C)C)(COOCNC(C)(C)C)COOCNC(C)(C)C. The van der Waals surface area contributed by atoms with Crippen LogP contribution in [0.5, 0.6) is 0 Å². The van der Waals surface area contributed by atoms with Gasteiger partial charge in [-0.1, -0.05) is 126 Å². The van der Waals surface area contributed by atoms with E-state index in [1.165, 1.54) is 0 Å². The summed E-state index contributed by atoms with van der Waals surface area (Å²) in [5.41, 5.74) is -0.950. The molecule has 0 aromatic rings. The molecule has 62 heavy (non-hydrogen) atoms. The minimum absolute atomic E-state index is 0. The maximum absolute atomic E-state index is 6.01. The summed E-state index contributed by atoms with van der Waals surface area (Å²) in [6, 6.07) is 0. The van der Waals surface area contributed by atoms with Crippen LogP contribution in [0.15, 0.2) is 26.3 Å². The van der Waals surface area contributed by atoms with Gasteiger partial charge in [0.05, 0.1) is 71.7 Å². The standard InChI is InChI=1S/C29H64N4O8.2C2H4.17CH4/c1-25(2,3)30-21-36-15-13-34-17-29(19-38-40-23-32-27(7,8)9,20-39-41-24-33-28(10,11)12)18-35-14-16-37-22-31-26(4,5)6;2*1-2;;;;;;;;;;;;;;;;;/h30-33H,13-24H2,1-12H3;2*1-2H2;17*1H4. The molecule has 12 nitrogen and oxygen atoms in total. The van der Waals surface area contributed by atoms with Crippen molar-refractivity contribution in [2.45, 2.75) is 231 Å². The van der Waals surface area contributed by atoms with Crippen molar-refractivity contribution in [3.8, 4) is 0 Å². The van der Waals surface area contributed by atoms with Crippen molar-refractivity contribution in [3.05, 3.63) is 26.3 Å². The van der Waals surface area contributed by atoms with Gasteiger partial charge >= 0.3 is 0 Å². The molecular formula is C50H140N4O8. The molecular weight excluding hydrogens is 785 g/mol. The molecule has 0 saturated heterocycles. The average Bonchev–Trinajstić information content (AvgIpc) is 2.91. The summed E-state index contributed by atoms with van der Waals surface area (Å²) in [6.07, 6.45) is 0. The molecule has 0 radical (unpaired) electrons. The van der Waals surface area contributed by atoms with Crippen molar-refractivity contribution in [1.29, 1.82) is 0 Å². The van der Waals surface area contributed by atoms with Gasteiger partial charge in [-0.05, 0) is 83.1 Å². The number of nitrogens with one attached hydrogen (secondary N) is 4. The first kappa shape index (κ1) is 131. The zero-order valence-corrected chi connectivity index (χ0v) is 31.1. The van der Waals surface area contributed by atoms with Crippen LogP contribution in [0.2, 0.25) is 0 Å². The van der Waals surface area contributed by atoms with Crippen molar-refractivity contribution in [1.82, 2.24) is 21.3 Å². The first-order chi connectivity index (χ1) is 20.8. The van der Waals surface area contributed by atoms with E-state index in [0.29, 0.717) is 39.9 Å². The van der Waals surface area contributed by atoms with Gasteiger partial charge in [0.2, 0.25) is 0 Å². The lowest BCUT2D eigenvalue weighted by molar-refractivity contribution is -0.353. The molecule has 0 fully saturated rings. The number of ether oxygens (including phenoxy) is 4. The Hall–Kier alpha value is -1.00. The first-order valence-electron chi connectivity index (χ1n) is 15.6. The Bertz CT molecular complexity index is 609. The highest BCUT2D eigenvalue weighted by atomic mass is 17.2. The van der Waals surface area contributed by atoms with Crippen LogP contribution >= 0.6 is 0 Å². The molecule has 0 bridgehead atoms. The lowest BCUT2D eigenvalue weighted by atomic mass is 9.92. The van der Waals surface area contributed by atoms with Crippen molar-refractivity contribution in [3.63, 3.8) is 0 Å². The molecule has 0 spiro atoms. The third kappa shape index (κ3) is 107. The molecule has 0 atom stereocenters. The predicted octanol–water partition coefficient (Wildman–Crippen LogP) is 15.7. The van der Waals surface area contributed by atoms with E-state index in [1.54, 1.807) is 0 Å². The zero-order valence-electron chi connectivity index (χ0n) is 31.1. The Morgan fingerprint density at radius 3 is 0.677 bits per heavy atom. The van der Waals surface area contributed by atoms with Gasteiger partial charge in [-0.25, -0.2) is 19.6 Å². The fourth-order valence-corrected chi connectivity index (χ4v) is 2.65. The molecule has 0 aliphatic carbocycles. The minimum Gasteiger partial charge on any atom is -0.378 e. The van der Waals surface area contributed by atoms with Crippen LogP contribution in [-0.2, 0) is 38.5 Å². The first-order valence-corrected chi connectivity index (χ1v) is 15.6. The molecule has 4 N–H and O–H groups in total. The third-order valence-corrected chi connectivity index (χ3v) is 5.19. The summed E-state index contributed by atoms with van der Waals surface area (Å²) in [4.78, 5) is 22.1. The van der Waals surface area contributed by atoms with E-state index < -0.39 is 5.41 Å². The van der Waals surface area contributed by atoms with Crippen molar-refractivity contribution in [2.24, 2.45) is 5.41 Å². The Morgan fingerprint density at radius 1 is 0.274 bits per heavy atom. The largest absolute Gasteiger partial charge is 0.378 e. The summed E-state index contributed by atoms with van der Waals surface area (Å²) in [7, 11) is 0. The molecule has 0 saturated carbocycles. The summed E-state index contributed by atoms with van der Waals surface area (Å²) in [6.45, 7) is 40.8. The zero-order chi connectivity index (χ0) is 35.5. The van der Waals surface area contributed by atoms with Crippen molar-refractivity contribution in [2.75, 3.05) is 79.8 Å². The normalized spacial score (nSPS) is 9.23. The maximum atomic E-state index is 6.01. The Balaban J connectivity index is -0.0000000452. The molecule has 0 aliphatic rings. The van der Waals surface area contributed by atoms with E-state index in [0.717, 1.165) is 0 Å². The topological polar surface area (TPSA) is 122 Å². The van der Waals surface area contributed by atoms with Gasteiger partial charge in [-0.3, -0.25) is 21.3 Å². The number of hydrogen-bond acceptors (Lipinski definition) is 12. The summed E-state index contributed by atoms with van der Waals surface area (Å²) < 4.78 is 23.3. The Kier molecular flexibility index (Phi) is 157. The van der Waals surface area contributed by atoms with Gasteiger partial charge in [0.15, 0.2) is 0 Å². The maximum Gasteiger partial charge on any atom is 0.133 e. The number of rotatable bonds is 24. The second-order valence-corrected chi connectivity index (χ2v) is 14.5. The van der Waals surface area contributed by atoms with E-state index in [1.807, 2.05) is 0 Å². The van der Waals surface area contributed by atoms with Crippen LogP contribution in [-0.4, -0.2) is 102 Å². The van der Waals surface area contributed by atoms with E-state index in [-0.39, 0.29) is 188 Å².